The number of carbonyl (C=O) groups excluding carboxylic acids is 1. The summed E-state index contributed by atoms with van der Waals surface area (Å²) in [4.78, 5) is 12.2. The highest BCUT2D eigenvalue weighted by Gasteiger charge is 2.11. The largest absolute Gasteiger partial charge is 0.493 e. The summed E-state index contributed by atoms with van der Waals surface area (Å²) in [6.07, 6.45) is 1.36. The second-order valence-corrected chi connectivity index (χ2v) is 5.68. The third-order valence-corrected chi connectivity index (χ3v) is 3.27. The van der Waals surface area contributed by atoms with Gasteiger partial charge in [0.1, 0.15) is 5.75 Å². The Kier molecular flexibility index (Phi) is 7.10. The maximum Gasteiger partial charge on any atom is 0.387 e. The van der Waals surface area contributed by atoms with Crippen molar-refractivity contribution in [3.8, 4) is 17.2 Å². The molecule has 144 valence electrons. The molecule has 0 aliphatic rings. The van der Waals surface area contributed by atoms with Crippen molar-refractivity contribution in [2.45, 2.75) is 26.6 Å². The van der Waals surface area contributed by atoms with Gasteiger partial charge in [0, 0.05) is 5.56 Å². The Hall–Kier alpha value is -3.16. The van der Waals surface area contributed by atoms with E-state index in [1.807, 2.05) is 13.8 Å². The first kappa shape index (κ1) is 20.2. The zero-order chi connectivity index (χ0) is 19.8. The summed E-state index contributed by atoms with van der Waals surface area (Å²) in [6, 6.07) is 10.6. The monoisotopic (exact) mass is 378 g/mol. The highest BCUT2D eigenvalue weighted by Crippen LogP contribution is 2.28. The lowest BCUT2D eigenvalue weighted by atomic mass is 10.2. The van der Waals surface area contributed by atoms with Gasteiger partial charge in [0.2, 0.25) is 0 Å². The molecule has 0 saturated carbocycles. The van der Waals surface area contributed by atoms with Crippen LogP contribution in [0.5, 0.6) is 17.2 Å². The van der Waals surface area contributed by atoms with Crippen LogP contribution in [0, 0.1) is 0 Å². The molecule has 0 spiro atoms. The van der Waals surface area contributed by atoms with E-state index in [0.717, 1.165) is 0 Å². The predicted molar refractivity (Wildman–Crippen MR) is 96.9 cm³/mol. The SMILES string of the molecule is COc1cc(C(=O)N/N=C/c2ccc(OC(F)F)cc2)ccc1OC(C)C. The van der Waals surface area contributed by atoms with Crippen LogP contribution < -0.4 is 19.6 Å². The predicted octanol–water partition coefficient (Wildman–Crippen LogP) is 3.85. The quantitative estimate of drug-likeness (QED) is 0.560. The minimum absolute atomic E-state index is 0.0272. The third-order valence-electron chi connectivity index (χ3n) is 3.27. The Balaban J connectivity index is 1.99. The Bertz CT molecular complexity index is 793. The summed E-state index contributed by atoms with van der Waals surface area (Å²) >= 11 is 0. The zero-order valence-electron chi connectivity index (χ0n) is 15.1. The minimum atomic E-state index is -2.88. The van der Waals surface area contributed by atoms with Crippen LogP contribution >= 0.6 is 0 Å². The number of hydrogen-bond donors (Lipinski definition) is 1. The molecule has 0 saturated heterocycles. The van der Waals surface area contributed by atoms with Crippen molar-refractivity contribution in [3.05, 3.63) is 53.6 Å². The number of hydrogen-bond acceptors (Lipinski definition) is 5. The topological polar surface area (TPSA) is 69.2 Å². The van der Waals surface area contributed by atoms with E-state index in [1.165, 1.54) is 37.6 Å². The molecule has 0 radical (unpaired) electrons. The first-order valence-corrected chi connectivity index (χ1v) is 8.12. The number of ether oxygens (including phenoxy) is 3. The highest BCUT2D eigenvalue weighted by molar-refractivity contribution is 5.95. The molecule has 0 fully saturated rings. The van der Waals surface area contributed by atoms with Crippen molar-refractivity contribution in [3.63, 3.8) is 0 Å². The van der Waals surface area contributed by atoms with Crippen LogP contribution in [0.3, 0.4) is 0 Å². The minimum Gasteiger partial charge on any atom is -0.493 e. The van der Waals surface area contributed by atoms with Crippen molar-refractivity contribution >= 4 is 12.1 Å². The van der Waals surface area contributed by atoms with Gasteiger partial charge in [0.05, 0.1) is 19.4 Å². The fraction of sp³-hybridized carbons (Fsp3) is 0.263. The van der Waals surface area contributed by atoms with Crippen LogP contribution in [0.15, 0.2) is 47.6 Å². The number of halogens is 2. The number of amides is 1. The average Bonchev–Trinajstić information content (AvgIpc) is 2.62. The molecule has 27 heavy (non-hydrogen) atoms. The van der Waals surface area contributed by atoms with Crippen LogP contribution in [-0.4, -0.2) is 31.9 Å². The number of nitrogens with zero attached hydrogens (tertiary/aromatic N) is 1. The number of methoxy groups -OCH3 is 1. The van der Waals surface area contributed by atoms with Gasteiger partial charge in [-0.15, -0.1) is 0 Å². The molecule has 0 aromatic heterocycles. The Labute approximate surface area is 155 Å². The summed E-state index contributed by atoms with van der Waals surface area (Å²) in [5.41, 5.74) is 3.34. The molecule has 2 rings (SSSR count). The zero-order valence-corrected chi connectivity index (χ0v) is 15.1. The van der Waals surface area contributed by atoms with E-state index >= 15 is 0 Å². The lowest BCUT2D eigenvalue weighted by Crippen LogP contribution is -2.18. The molecule has 0 aliphatic carbocycles. The second-order valence-electron chi connectivity index (χ2n) is 5.68. The number of rotatable bonds is 8. The standard InChI is InChI=1S/C19H20F2N2O4/c1-12(2)26-16-9-6-14(10-17(16)25-3)18(24)23-22-11-13-4-7-15(8-5-13)27-19(20)21/h4-12,19H,1-3H3,(H,23,24)/b22-11+. The maximum absolute atomic E-state index is 12.2. The van der Waals surface area contributed by atoms with Gasteiger partial charge in [-0.2, -0.15) is 13.9 Å². The number of benzene rings is 2. The summed E-state index contributed by atoms with van der Waals surface area (Å²) in [5.74, 6) is 0.592. The van der Waals surface area contributed by atoms with E-state index in [2.05, 4.69) is 15.3 Å². The molecule has 8 heteroatoms. The van der Waals surface area contributed by atoms with Crippen molar-refractivity contribution in [1.82, 2.24) is 5.43 Å². The molecule has 0 atom stereocenters. The Morgan fingerprint density at radius 1 is 1.07 bits per heavy atom. The van der Waals surface area contributed by atoms with Crippen LogP contribution in [-0.2, 0) is 0 Å². The van der Waals surface area contributed by atoms with E-state index in [9.17, 15) is 13.6 Å². The summed E-state index contributed by atoms with van der Waals surface area (Å²) in [6.45, 7) is 0.903. The lowest BCUT2D eigenvalue weighted by Gasteiger charge is -2.14. The van der Waals surface area contributed by atoms with E-state index in [0.29, 0.717) is 22.6 Å². The van der Waals surface area contributed by atoms with E-state index < -0.39 is 12.5 Å². The Morgan fingerprint density at radius 3 is 2.37 bits per heavy atom. The van der Waals surface area contributed by atoms with E-state index in [-0.39, 0.29) is 11.9 Å². The summed E-state index contributed by atoms with van der Waals surface area (Å²) < 4.78 is 39.3. The van der Waals surface area contributed by atoms with Crippen LogP contribution in [0.2, 0.25) is 0 Å². The first-order chi connectivity index (χ1) is 12.9. The molecule has 0 aliphatic heterocycles. The molecule has 0 heterocycles. The van der Waals surface area contributed by atoms with Gasteiger partial charge in [0.25, 0.3) is 5.91 Å². The van der Waals surface area contributed by atoms with Crippen LogP contribution in [0.1, 0.15) is 29.8 Å². The number of carbonyl (C=O) groups is 1. The number of alkyl halides is 2. The van der Waals surface area contributed by atoms with Gasteiger partial charge in [-0.1, -0.05) is 0 Å². The summed E-state index contributed by atoms with van der Waals surface area (Å²) in [7, 11) is 1.49. The number of nitrogens with one attached hydrogen (secondary N) is 1. The molecule has 1 amide bonds. The molecule has 2 aromatic rings. The fourth-order valence-electron chi connectivity index (χ4n) is 2.13. The molecule has 2 aromatic carbocycles. The van der Waals surface area contributed by atoms with E-state index in [1.54, 1.807) is 18.2 Å². The first-order valence-electron chi connectivity index (χ1n) is 8.12. The van der Waals surface area contributed by atoms with Crippen molar-refractivity contribution < 1.29 is 27.8 Å². The van der Waals surface area contributed by atoms with Crippen molar-refractivity contribution in [1.29, 1.82) is 0 Å². The molecule has 0 unspecified atom stereocenters. The van der Waals surface area contributed by atoms with Crippen molar-refractivity contribution in [2.24, 2.45) is 5.10 Å². The number of hydrazone groups is 1. The molecular weight excluding hydrogens is 358 g/mol. The second kappa shape index (κ2) is 9.51. The van der Waals surface area contributed by atoms with Gasteiger partial charge in [-0.05, 0) is 61.9 Å². The van der Waals surface area contributed by atoms with Gasteiger partial charge in [-0.3, -0.25) is 4.79 Å². The van der Waals surface area contributed by atoms with Gasteiger partial charge < -0.3 is 14.2 Å². The highest BCUT2D eigenvalue weighted by atomic mass is 19.3. The van der Waals surface area contributed by atoms with Gasteiger partial charge >= 0.3 is 6.61 Å². The molecular formula is C19H20F2N2O4. The van der Waals surface area contributed by atoms with Gasteiger partial charge in [0.15, 0.2) is 11.5 Å². The van der Waals surface area contributed by atoms with Crippen LogP contribution in [0.4, 0.5) is 8.78 Å². The van der Waals surface area contributed by atoms with Crippen molar-refractivity contribution in [2.75, 3.05) is 7.11 Å². The van der Waals surface area contributed by atoms with Gasteiger partial charge in [-0.25, -0.2) is 5.43 Å². The van der Waals surface area contributed by atoms with E-state index in [4.69, 9.17) is 9.47 Å². The lowest BCUT2D eigenvalue weighted by molar-refractivity contribution is -0.0498. The fourth-order valence-corrected chi connectivity index (χ4v) is 2.13. The average molecular weight is 378 g/mol. The third kappa shape index (κ3) is 6.25. The Morgan fingerprint density at radius 2 is 1.78 bits per heavy atom. The summed E-state index contributed by atoms with van der Waals surface area (Å²) in [5, 5.41) is 3.85. The normalized spacial score (nSPS) is 11.1. The van der Waals surface area contributed by atoms with Crippen LogP contribution in [0.25, 0.3) is 0 Å². The molecule has 1 N–H and O–H groups in total. The maximum atomic E-state index is 12.2. The molecule has 0 bridgehead atoms. The smallest absolute Gasteiger partial charge is 0.387 e. The molecule has 6 nitrogen and oxygen atoms in total.